The maximum atomic E-state index is 12.2. The normalized spacial score (nSPS) is 16.0. The second-order valence-electron chi connectivity index (χ2n) is 6.16. The van der Waals surface area contributed by atoms with Crippen molar-refractivity contribution < 1.29 is 14.3 Å². The summed E-state index contributed by atoms with van der Waals surface area (Å²) < 4.78 is 5.34. The van der Waals surface area contributed by atoms with E-state index in [9.17, 15) is 9.59 Å². The molecule has 0 N–H and O–H groups in total. The molecule has 2 rings (SSSR count). The van der Waals surface area contributed by atoms with E-state index in [0.29, 0.717) is 32.6 Å². The maximum Gasteiger partial charge on any atom is 0.410 e. The number of ether oxygens (including phenoxy) is 1. The predicted molar refractivity (Wildman–Crippen MR) is 82.4 cm³/mol. The minimum absolute atomic E-state index is 0.122. The van der Waals surface area contributed by atoms with E-state index < -0.39 is 5.60 Å². The molecular formula is C15H22N2O3S. The van der Waals surface area contributed by atoms with Crippen molar-refractivity contribution in [2.24, 2.45) is 0 Å². The summed E-state index contributed by atoms with van der Waals surface area (Å²) in [5, 5.41) is 3.97. The van der Waals surface area contributed by atoms with E-state index in [0.717, 1.165) is 5.56 Å². The highest BCUT2D eigenvalue weighted by Crippen LogP contribution is 2.13. The van der Waals surface area contributed by atoms with Crippen LogP contribution in [-0.2, 0) is 16.0 Å². The summed E-state index contributed by atoms with van der Waals surface area (Å²) >= 11 is 1.60. The molecule has 1 aliphatic heterocycles. The second-order valence-corrected chi connectivity index (χ2v) is 6.94. The van der Waals surface area contributed by atoms with Crippen LogP contribution in [0.25, 0.3) is 0 Å². The molecule has 5 nitrogen and oxygen atoms in total. The first-order valence-corrected chi connectivity index (χ1v) is 8.06. The molecule has 6 heteroatoms. The van der Waals surface area contributed by atoms with Crippen LogP contribution in [0.1, 0.15) is 26.3 Å². The zero-order chi connectivity index (χ0) is 15.5. The number of carbonyl (C=O) groups is 2. The van der Waals surface area contributed by atoms with Gasteiger partial charge in [0.1, 0.15) is 5.60 Å². The van der Waals surface area contributed by atoms with Crippen LogP contribution < -0.4 is 0 Å². The maximum absolute atomic E-state index is 12.2. The molecule has 0 unspecified atom stereocenters. The Bertz CT molecular complexity index is 486. The Labute approximate surface area is 129 Å². The summed E-state index contributed by atoms with van der Waals surface area (Å²) in [7, 11) is 0. The van der Waals surface area contributed by atoms with Gasteiger partial charge in [0.25, 0.3) is 0 Å². The number of piperazine rings is 1. The predicted octanol–water partition coefficient (Wildman–Crippen LogP) is 2.37. The molecule has 1 saturated heterocycles. The number of rotatable bonds is 2. The van der Waals surface area contributed by atoms with Gasteiger partial charge in [0, 0.05) is 26.2 Å². The van der Waals surface area contributed by atoms with Gasteiger partial charge in [-0.25, -0.2) is 4.79 Å². The van der Waals surface area contributed by atoms with Crippen LogP contribution in [0.3, 0.4) is 0 Å². The number of carbonyl (C=O) groups excluding carboxylic acids is 2. The molecule has 1 fully saturated rings. The molecule has 2 amide bonds. The first kappa shape index (κ1) is 15.8. The monoisotopic (exact) mass is 310 g/mol. The smallest absolute Gasteiger partial charge is 0.410 e. The van der Waals surface area contributed by atoms with E-state index in [-0.39, 0.29) is 12.0 Å². The molecule has 0 aromatic carbocycles. The highest BCUT2D eigenvalue weighted by Gasteiger charge is 2.27. The van der Waals surface area contributed by atoms with Crippen molar-refractivity contribution in [1.29, 1.82) is 0 Å². The molecule has 0 spiro atoms. The topological polar surface area (TPSA) is 49.9 Å². The fourth-order valence-corrected chi connectivity index (χ4v) is 2.81. The lowest BCUT2D eigenvalue weighted by Gasteiger charge is -2.35. The molecule has 1 aromatic rings. The third-order valence-electron chi connectivity index (χ3n) is 3.22. The summed E-state index contributed by atoms with van der Waals surface area (Å²) in [5.74, 6) is 0.122. The molecule has 0 atom stereocenters. The molecule has 0 radical (unpaired) electrons. The van der Waals surface area contributed by atoms with E-state index in [1.807, 2.05) is 42.5 Å². The van der Waals surface area contributed by atoms with Crippen molar-refractivity contribution in [1.82, 2.24) is 9.80 Å². The van der Waals surface area contributed by atoms with Crippen molar-refractivity contribution in [2.45, 2.75) is 32.8 Å². The van der Waals surface area contributed by atoms with Gasteiger partial charge in [-0.15, -0.1) is 0 Å². The lowest BCUT2D eigenvalue weighted by molar-refractivity contribution is -0.132. The fourth-order valence-electron chi connectivity index (χ4n) is 2.14. The molecule has 21 heavy (non-hydrogen) atoms. The number of amides is 2. The van der Waals surface area contributed by atoms with E-state index in [4.69, 9.17) is 4.74 Å². The average molecular weight is 310 g/mol. The van der Waals surface area contributed by atoms with Gasteiger partial charge < -0.3 is 14.5 Å². The van der Waals surface area contributed by atoms with Crippen LogP contribution in [-0.4, -0.2) is 53.6 Å². The zero-order valence-electron chi connectivity index (χ0n) is 12.8. The van der Waals surface area contributed by atoms with Gasteiger partial charge in [-0.3, -0.25) is 4.79 Å². The quantitative estimate of drug-likeness (QED) is 0.842. The van der Waals surface area contributed by atoms with Gasteiger partial charge in [0.05, 0.1) is 6.42 Å². The van der Waals surface area contributed by atoms with Crippen LogP contribution in [0, 0.1) is 0 Å². The van der Waals surface area contributed by atoms with Gasteiger partial charge in [0.15, 0.2) is 0 Å². The standard InChI is InChI=1S/C15H22N2O3S/c1-15(2,3)20-14(19)17-7-5-16(6-8-17)13(18)10-12-4-9-21-11-12/h4,9,11H,5-8,10H2,1-3H3. The molecule has 0 saturated carbocycles. The SMILES string of the molecule is CC(C)(C)OC(=O)N1CCN(C(=O)Cc2ccsc2)CC1. The lowest BCUT2D eigenvalue weighted by Crippen LogP contribution is -2.51. The summed E-state index contributed by atoms with van der Waals surface area (Å²) in [6, 6.07) is 1.97. The summed E-state index contributed by atoms with van der Waals surface area (Å²) in [5.41, 5.74) is 0.572. The van der Waals surface area contributed by atoms with Gasteiger partial charge in [0.2, 0.25) is 5.91 Å². The third-order valence-corrected chi connectivity index (χ3v) is 3.95. The number of nitrogens with zero attached hydrogens (tertiary/aromatic N) is 2. The molecule has 0 bridgehead atoms. The molecule has 116 valence electrons. The largest absolute Gasteiger partial charge is 0.444 e. The highest BCUT2D eigenvalue weighted by atomic mass is 32.1. The minimum atomic E-state index is -0.483. The number of thiophene rings is 1. The first-order chi connectivity index (χ1) is 9.85. The number of hydrogen-bond acceptors (Lipinski definition) is 4. The van der Waals surface area contributed by atoms with Crippen LogP contribution >= 0.6 is 11.3 Å². The van der Waals surface area contributed by atoms with Crippen LogP contribution in [0.4, 0.5) is 4.79 Å². The molecule has 1 aliphatic rings. The van der Waals surface area contributed by atoms with Crippen molar-refractivity contribution in [3.8, 4) is 0 Å². The molecule has 2 heterocycles. The lowest BCUT2D eigenvalue weighted by atomic mass is 10.2. The Morgan fingerprint density at radius 1 is 1.19 bits per heavy atom. The van der Waals surface area contributed by atoms with Gasteiger partial charge in [-0.1, -0.05) is 0 Å². The van der Waals surface area contributed by atoms with Gasteiger partial charge >= 0.3 is 6.09 Å². The van der Waals surface area contributed by atoms with E-state index >= 15 is 0 Å². The fraction of sp³-hybridized carbons (Fsp3) is 0.600. The Balaban J connectivity index is 1.80. The van der Waals surface area contributed by atoms with Gasteiger partial charge in [-0.05, 0) is 43.2 Å². The van der Waals surface area contributed by atoms with Crippen molar-refractivity contribution in [2.75, 3.05) is 26.2 Å². The summed E-state index contributed by atoms with van der Waals surface area (Å²) in [4.78, 5) is 27.6. The third kappa shape index (κ3) is 4.74. The first-order valence-electron chi connectivity index (χ1n) is 7.12. The Hall–Kier alpha value is -1.56. The average Bonchev–Trinajstić information content (AvgIpc) is 2.90. The van der Waals surface area contributed by atoms with Gasteiger partial charge in [-0.2, -0.15) is 11.3 Å². The second kappa shape index (κ2) is 6.47. The Morgan fingerprint density at radius 2 is 1.81 bits per heavy atom. The Kier molecular flexibility index (Phi) is 4.88. The summed E-state index contributed by atoms with van der Waals surface area (Å²) in [6.07, 6.45) is 0.142. The zero-order valence-corrected chi connectivity index (χ0v) is 13.6. The molecular weight excluding hydrogens is 288 g/mol. The number of hydrogen-bond donors (Lipinski definition) is 0. The van der Waals surface area contributed by atoms with Crippen LogP contribution in [0.5, 0.6) is 0 Å². The van der Waals surface area contributed by atoms with Crippen LogP contribution in [0.2, 0.25) is 0 Å². The van der Waals surface area contributed by atoms with Crippen LogP contribution in [0.15, 0.2) is 16.8 Å². The van der Waals surface area contributed by atoms with Crippen molar-refractivity contribution in [3.05, 3.63) is 22.4 Å². The van der Waals surface area contributed by atoms with Crippen molar-refractivity contribution in [3.63, 3.8) is 0 Å². The summed E-state index contributed by atoms with van der Waals surface area (Å²) in [6.45, 7) is 7.77. The van der Waals surface area contributed by atoms with E-state index in [1.165, 1.54) is 0 Å². The van der Waals surface area contributed by atoms with Crippen molar-refractivity contribution >= 4 is 23.3 Å². The highest BCUT2D eigenvalue weighted by molar-refractivity contribution is 7.07. The Morgan fingerprint density at radius 3 is 2.33 bits per heavy atom. The molecule has 1 aromatic heterocycles. The van der Waals surface area contributed by atoms with E-state index in [2.05, 4.69) is 0 Å². The minimum Gasteiger partial charge on any atom is -0.444 e. The molecule has 0 aliphatic carbocycles. The van der Waals surface area contributed by atoms with E-state index in [1.54, 1.807) is 16.2 Å².